The van der Waals surface area contributed by atoms with Crippen LogP contribution in [0.15, 0.2) is 243 Å². The van der Waals surface area contributed by atoms with Crippen molar-refractivity contribution in [2.75, 3.05) is 14.7 Å². The molecule has 0 spiro atoms. The summed E-state index contributed by atoms with van der Waals surface area (Å²) in [6, 6.07) is 90.7. The second-order valence-electron chi connectivity index (χ2n) is 22.9. The van der Waals surface area contributed by atoms with E-state index in [1.165, 1.54) is 103 Å². The second kappa shape index (κ2) is 18.0. The highest BCUT2D eigenvalue weighted by molar-refractivity contribution is 7.33. The quantitative estimate of drug-likeness (QED) is 0.116. The van der Waals surface area contributed by atoms with E-state index in [9.17, 15) is 0 Å². The van der Waals surface area contributed by atoms with Gasteiger partial charge in [0.2, 0.25) is 0 Å². The number of hydrogen-bond acceptors (Lipinski definition) is 4. The van der Waals surface area contributed by atoms with Gasteiger partial charge in [0.15, 0.2) is 0 Å². The van der Waals surface area contributed by atoms with Crippen LogP contribution in [0.4, 0.5) is 51.2 Å². The van der Waals surface area contributed by atoms with Crippen molar-refractivity contribution in [3.63, 3.8) is 0 Å². The first-order valence-electron chi connectivity index (χ1n) is 27.0. The van der Waals surface area contributed by atoms with Crippen molar-refractivity contribution < 1.29 is 0 Å². The molecule has 0 aliphatic carbocycles. The minimum absolute atomic E-state index is 0.0243. The van der Waals surface area contributed by atoms with Gasteiger partial charge in [-0.05, 0) is 156 Å². The number of fused-ring (bicyclic) bond motifs is 8. The van der Waals surface area contributed by atoms with Crippen molar-refractivity contribution in [2.45, 2.75) is 52.4 Å². The van der Waals surface area contributed by atoms with Crippen molar-refractivity contribution in [3.05, 3.63) is 254 Å². The molecule has 5 heteroatoms. The van der Waals surface area contributed by atoms with Gasteiger partial charge >= 0.3 is 0 Å². The van der Waals surface area contributed by atoms with E-state index >= 15 is 0 Å². The first-order valence-corrected chi connectivity index (χ1v) is 27.9. The topological polar surface area (TPSA) is 9.72 Å². The molecule has 3 heterocycles. The summed E-state index contributed by atoms with van der Waals surface area (Å²) in [6.45, 7) is 14.0. The molecule has 2 aliphatic rings. The maximum absolute atomic E-state index is 2.66. The van der Waals surface area contributed by atoms with E-state index in [2.05, 4.69) is 299 Å². The van der Waals surface area contributed by atoms with E-state index in [1.807, 2.05) is 11.3 Å². The van der Waals surface area contributed by atoms with Crippen LogP contribution in [0.2, 0.25) is 0 Å². The van der Waals surface area contributed by atoms with Gasteiger partial charge < -0.3 is 14.7 Å². The molecule has 11 aromatic carbocycles. The molecule has 0 amide bonds. The third-order valence-electron chi connectivity index (χ3n) is 16.1. The maximum Gasteiger partial charge on any atom is 0.264 e. The van der Waals surface area contributed by atoms with Crippen LogP contribution in [0.25, 0.3) is 53.9 Å². The summed E-state index contributed by atoms with van der Waals surface area (Å²) >= 11 is 1.96. The van der Waals surface area contributed by atoms with Gasteiger partial charge in [-0.2, -0.15) is 0 Å². The highest BCUT2D eigenvalue weighted by atomic mass is 32.1. The average Bonchev–Trinajstić information content (AvgIpc) is 3.89. The molecule has 0 unspecified atom stereocenters. The van der Waals surface area contributed by atoms with Crippen LogP contribution < -0.4 is 30.4 Å². The van der Waals surface area contributed by atoms with Gasteiger partial charge in [0.05, 0.1) is 11.4 Å². The van der Waals surface area contributed by atoms with Gasteiger partial charge in [0, 0.05) is 60.1 Å². The van der Waals surface area contributed by atoms with Gasteiger partial charge in [-0.15, -0.1) is 11.3 Å². The number of thiophene rings is 1. The molecule has 370 valence electrons. The number of para-hydroxylation sites is 3. The molecule has 0 fully saturated rings. The summed E-state index contributed by atoms with van der Waals surface area (Å²) < 4.78 is 2.67. The zero-order valence-corrected chi connectivity index (χ0v) is 45.2. The number of anilines is 9. The van der Waals surface area contributed by atoms with E-state index in [-0.39, 0.29) is 17.5 Å². The number of nitrogens with zero attached hydrogens (tertiary/aromatic N) is 3. The summed E-state index contributed by atoms with van der Waals surface area (Å²) in [5.74, 6) is 0. The lowest BCUT2D eigenvalue weighted by Crippen LogP contribution is -2.60. The van der Waals surface area contributed by atoms with Crippen molar-refractivity contribution in [1.29, 1.82) is 0 Å². The fourth-order valence-electron chi connectivity index (χ4n) is 12.3. The Bertz CT molecular complexity index is 4200. The highest BCUT2D eigenvalue weighted by Crippen LogP contribution is 2.53. The molecule has 77 heavy (non-hydrogen) atoms. The number of rotatable bonds is 7. The first-order chi connectivity index (χ1) is 37.5. The largest absolute Gasteiger partial charge is 0.311 e. The maximum atomic E-state index is 2.66. The van der Waals surface area contributed by atoms with Crippen molar-refractivity contribution in [3.8, 4) is 22.3 Å². The molecular weight excluding hydrogens is 950 g/mol. The molecule has 2 aliphatic heterocycles. The molecule has 1 aromatic heterocycles. The minimum atomic E-state index is -0.189. The Labute approximate surface area is 457 Å². The molecule has 0 radical (unpaired) electrons. The molecule has 0 bridgehead atoms. The summed E-state index contributed by atoms with van der Waals surface area (Å²) in [5, 5.41) is 6.18. The lowest BCUT2D eigenvalue weighted by Gasteiger charge is -2.44. The molecule has 12 aromatic rings. The molecular formula is C72H58BN3S. The number of benzene rings is 11. The fraction of sp³-hybridized carbons (Fsp3) is 0.111. The molecule has 0 N–H and O–H groups in total. The third kappa shape index (κ3) is 7.70. The van der Waals surface area contributed by atoms with Gasteiger partial charge in [-0.25, -0.2) is 0 Å². The Balaban J connectivity index is 1.14. The lowest BCUT2D eigenvalue weighted by atomic mass is 9.36. The Hall–Kier alpha value is -8.64. The smallest absolute Gasteiger partial charge is 0.264 e. The SMILES string of the molecule is CC(C)(C)c1cc2c3c(c1)N(c1cccc4c(-c5ccccc5)c5cccc(-c6ccccc6)c5cc14)c1cc(N(c4ccccc4)c4ccccc4)ccc1B3c1sc3ccc(C(C)(C)C)cc3c1N2c1ccccc1. The van der Waals surface area contributed by atoms with Crippen LogP contribution in [0.5, 0.6) is 0 Å². The van der Waals surface area contributed by atoms with Crippen LogP contribution in [0.1, 0.15) is 52.7 Å². The van der Waals surface area contributed by atoms with Crippen LogP contribution in [-0.2, 0) is 10.8 Å². The number of hydrogen-bond donors (Lipinski definition) is 0. The zero-order chi connectivity index (χ0) is 52.2. The van der Waals surface area contributed by atoms with E-state index in [1.54, 1.807) is 0 Å². The zero-order valence-electron chi connectivity index (χ0n) is 44.4. The van der Waals surface area contributed by atoms with Crippen LogP contribution in [0.3, 0.4) is 0 Å². The van der Waals surface area contributed by atoms with E-state index in [0.29, 0.717) is 0 Å². The van der Waals surface area contributed by atoms with Gasteiger partial charge in [0.25, 0.3) is 6.71 Å². The summed E-state index contributed by atoms with van der Waals surface area (Å²) in [4.78, 5) is 7.69. The van der Waals surface area contributed by atoms with Crippen molar-refractivity contribution in [2.24, 2.45) is 0 Å². The van der Waals surface area contributed by atoms with E-state index < -0.39 is 0 Å². The van der Waals surface area contributed by atoms with Gasteiger partial charge in [-0.3, -0.25) is 0 Å². The Morgan fingerprint density at radius 1 is 0.390 bits per heavy atom. The summed E-state index contributed by atoms with van der Waals surface area (Å²) in [6.07, 6.45) is 0. The predicted octanol–water partition coefficient (Wildman–Crippen LogP) is 18.7. The van der Waals surface area contributed by atoms with Crippen LogP contribution >= 0.6 is 11.3 Å². The molecule has 3 nitrogen and oxygen atoms in total. The Morgan fingerprint density at radius 2 is 0.961 bits per heavy atom. The molecule has 0 saturated carbocycles. The summed E-state index contributed by atoms with van der Waals surface area (Å²) in [7, 11) is 0. The molecule has 0 atom stereocenters. The standard InChI is InChI=1S/C72H58BN3S/c1-71(2,3)49-38-41-66-60(42-49)69-70(77-66)73-61-40-39-54(74(51-28-16-9-17-29-51)52-30-18-10-19-31-52)45-63(61)76(65-44-50(72(4,5)6)43-64(68(65)73)75(69)53-32-20-11-21-33-53)62-37-23-36-57-59(62)46-58-55(47-24-12-7-13-25-47)34-22-35-56(58)67(57)48-26-14-8-15-27-48/h7-46H,1-6H3. The Morgan fingerprint density at radius 3 is 1.60 bits per heavy atom. The third-order valence-corrected chi connectivity index (χ3v) is 17.3. The van der Waals surface area contributed by atoms with Crippen LogP contribution in [0, 0.1) is 0 Å². The second-order valence-corrected chi connectivity index (χ2v) is 24.0. The predicted molar refractivity (Wildman–Crippen MR) is 334 cm³/mol. The fourth-order valence-corrected chi connectivity index (χ4v) is 13.6. The van der Waals surface area contributed by atoms with Gasteiger partial charge in [0.1, 0.15) is 0 Å². The monoisotopic (exact) mass is 1010 g/mol. The van der Waals surface area contributed by atoms with Crippen LogP contribution in [-0.4, -0.2) is 6.71 Å². The normalized spacial score (nSPS) is 13.0. The summed E-state index contributed by atoms with van der Waals surface area (Å²) in [5.41, 5.74) is 20.4. The molecule has 14 rings (SSSR count). The molecule has 0 saturated heterocycles. The first kappa shape index (κ1) is 46.9. The average molecular weight is 1010 g/mol. The Kier molecular flexibility index (Phi) is 11.0. The van der Waals surface area contributed by atoms with Crippen molar-refractivity contribution in [1.82, 2.24) is 0 Å². The van der Waals surface area contributed by atoms with Gasteiger partial charge in [-0.1, -0.05) is 199 Å². The van der Waals surface area contributed by atoms with E-state index in [4.69, 9.17) is 0 Å². The van der Waals surface area contributed by atoms with Crippen molar-refractivity contribution >= 4 is 117 Å². The minimum Gasteiger partial charge on any atom is -0.311 e. The van der Waals surface area contributed by atoms with E-state index in [0.717, 1.165) is 28.4 Å². The lowest BCUT2D eigenvalue weighted by molar-refractivity contribution is 0.590. The highest BCUT2D eigenvalue weighted by Gasteiger charge is 2.46.